The molecule has 3 nitrogen and oxygen atoms in total. The molecule has 0 heterocycles. The van der Waals surface area contributed by atoms with Gasteiger partial charge in [-0.3, -0.25) is 4.79 Å². The van der Waals surface area contributed by atoms with E-state index in [2.05, 4.69) is 4.84 Å². The quantitative estimate of drug-likeness (QED) is 0.628. The Hall–Kier alpha value is -2.13. The second-order valence-corrected chi connectivity index (χ2v) is 3.31. The number of ketones is 1. The smallest absolute Gasteiger partial charge is 0.196 e. The molecule has 0 fully saturated rings. The number of benzene rings is 2. The summed E-state index contributed by atoms with van der Waals surface area (Å²) in [5.74, 6) is 5.40. The number of carbonyl (C=O) groups is 1. The predicted molar refractivity (Wildman–Crippen MR) is 61.1 cm³/mol. The highest BCUT2D eigenvalue weighted by Crippen LogP contribution is 2.20. The van der Waals surface area contributed by atoms with Crippen LogP contribution >= 0.6 is 0 Å². The van der Waals surface area contributed by atoms with Gasteiger partial charge >= 0.3 is 0 Å². The van der Waals surface area contributed by atoms with Crippen molar-refractivity contribution < 1.29 is 9.63 Å². The van der Waals surface area contributed by atoms with Crippen LogP contribution in [-0.4, -0.2) is 5.78 Å². The Labute approximate surface area is 93.4 Å². The molecule has 0 aromatic heterocycles. The number of hydrogen-bond donors (Lipinski definition) is 1. The Morgan fingerprint density at radius 3 is 2.25 bits per heavy atom. The van der Waals surface area contributed by atoms with Gasteiger partial charge in [-0.1, -0.05) is 42.5 Å². The standard InChI is InChI=1S/C13H11NO2/c14-16-12-9-5-4-8-11(12)13(15)10-6-2-1-3-7-10/h1-9H,14H2. The molecule has 2 aromatic rings. The maximum Gasteiger partial charge on any atom is 0.196 e. The van der Waals surface area contributed by atoms with Crippen molar-refractivity contribution in [3.8, 4) is 5.75 Å². The van der Waals surface area contributed by atoms with E-state index >= 15 is 0 Å². The molecule has 0 atom stereocenters. The lowest BCUT2D eigenvalue weighted by Gasteiger charge is -2.05. The highest BCUT2D eigenvalue weighted by atomic mass is 16.6. The van der Waals surface area contributed by atoms with Gasteiger partial charge in [-0.05, 0) is 12.1 Å². The lowest BCUT2D eigenvalue weighted by molar-refractivity contribution is 0.103. The minimum atomic E-state index is -0.0957. The summed E-state index contributed by atoms with van der Waals surface area (Å²) >= 11 is 0. The fourth-order valence-corrected chi connectivity index (χ4v) is 1.50. The number of rotatable bonds is 3. The third kappa shape index (κ3) is 1.94. The topological polar surface area (TPSA) is 52.3 Å². The van der Waals surface area contributed by atoms with Crippen molar-refractivity contribution in [2.75, 3.05) is 0 Å². The summed E-state index contributed by atoms with van der Waals surface area (Å²) in [4.78, 5) is 16.8. The van der Waals surface area contributed by atoms with E-state index in [0.717, 1.165) is 0 Å². The zero-order chi connectivity index (χ0) is 11.4. The van der Waals surface area contributed by atoms with E-state index in [9.17, 15) is 4.79 Å². The molecule has 0 aliphatic carbocycles. The van der Waals surface area contributed by atoms with E-state index in [4.69, 9.17) is 5.90 Å². The van der Waals surface area contributed by atoms with Gasteiger partial charge in [0, 0.05) is 5.56 Å². The van der Waals surface area contributed by atoms with Crippen LogP contribution in [0, 0.1) is 0 Å². The SMILES string of the molecule is NOc1ccccc1C(=O)c1ccccc1. The van der Waals surface area contributed by atoms with Crippen molar-refractivity contribution in [3.05, 3.63) is 65.7 Å². The van der Waals surface area contributed by atoms with Gasteiger partial charge in [-0.15, -0.1) is 0 Å². The first-order valence-corrected chi connectivity index (χ1v) is 4.88. The fraction of sp³-hybridized carbons (Fsp3) is 0. The Kier molecular flexibility index (Phi) is 2.98. The van der Waals surface area contributed by atoms with Crippen molar-refractivity contribution in [2.45, 2.75) is 0 Å². The molecule has 0 amide bonds. The summed E-state index contributed by atoms with van der Waals surface area (Å²) < 4.78 is 0. The number of para-hydroxylation sites is 1. The van der Waals surface area contributed by atoms with Gasteiger partial charge in [-0.25, -0.2) is 0 Å². The summed E-state index contributed by atoms with van der Waals surface area (Å²) in [6, 6.07) is 15.9. The molecule has 0 unspecified atom stereocenters. The van der Waals surface area contributed by atoms with E-state index in [1.54, 1.807) is 36.4 Å². The van der Waals surface area contributed by atoms with Crippen LogP contribution in [0.2, 0.25) is 0 Å². The van der Waals surface area contributed by atoms with Crippen molar-refractivity contribution in [2.24, 2.45) is 5.90 Å². The summed E-state index contributed by atoms with van der Waals surface area (Å²) in [5.41, 5.74) is 1.09. The van der Waals surface area contributed by atoms with Crippen LogP contribution in [0.5, 0.6) is 5.75 Å². The summed E-state index contributed by atoms with van der Waals surface area (Å²) in [6.45, 7) is 0. The molecule has 2 N–H and O–H groups in total. The first-order chi connectivity index (χ1) is 7.83. The highest BCUT2D eigenvalue weighted by Gasteiger charge is 2.13. The van der Waals surface area contributed by atoms with Gasteiger partial charge in [0.1, 0.15) is 0 Å². The van der Waals surface area contributed by atoms with Crippen molar-refractivity contribution in [1.82, 2.24) is 0 Å². The van der Waals surface area contributed by atoms with Crippen LogP contribution in [0.15, 0.2) is 54.6 Å². The Morgan fingerprint density at radius 2 is 1.56 bits per heavy atom. The molecule has 16 heavy (non-hydrogen) atoms. The third-order valence-corrected chi connectivity index (χ3v) is 2.29. The zero-order valence-corrected chi connectivity index (χ0v) is 8.59. The molecule has 2 rings (SSSR count). The molecular formula is C13H11NO2. The largest absolute Gasteiger partial charge is 0.411 e. The number of hydrogen-bond acceptors (Lipinski definition) is 3. The molecular weight excluding hydrogens is 202 g/mol. The van der Waals surface area contributed by atoms with E-state index < -0.39 is 0 Å². The average molecular weight is 213 g/mol. The minimum Gasteiger partial charge on any atom is -0.411 e. The van der Waals surface area contributed by atoms with E-state index in [1.165, 1.54) is 0 Å². The van der Waals surface area contributed by atoms with Gasteiger partial charge < -0.3 is 4.84 Å². The van der Waals surface area contributed by atoms with Crippen LogP contribution in [-0.2, 0) is 0 Å². The normalized spacial score (nSPS) is 9.81. The second-order valence-electron chi connectivity index (χ2n) is 3.31. The third-order valence-electron chi connectivity index (χ3n) is 2.29. The second kappa shape index (κ2) is 4.59. The van der Waals surface area contributed by atoms with E-state index in [-0.39, 0.29) is 5.78 Å². The van der Waals surface area contributed by atoms with Crippen LogP contribution in [0.4, 0.5) is 0 Å². The molecule has 0 bridgehead atoms. The molecule has 2 aromatic carbocycles. The first kappa shape index (κ1) is 10.4. The van der Waals surface area contributed by atoms with Gasteiger partial charge in [0.2, 0.25) is 0 Å². The Balaban J connectivity index is 2.42. The summed E-state index contributed by atoms with van der Waals surface area (Å²) in [6.07, 6.45) is 0. The van der Waals surface area contributed by atoms with Crippen LogP contribution < -0.4 is 10.7 Å². The van der Waals surface area contributed by atoms with Crippen molar-refractivity contribution in [1.29, 1.82) is 0 Å². The van der Waals surface area contributed by atoms with E-state index in [0.29, 0.717) is 16.9 Å². The van der Waals surface area contributed by atoms with Gasteiger partial charge in [-0.2, -0.15) is 5.90 Å². The van der Waals surface area contributed by atoms with E-state index in [1.807, 2.05) is 18.2 Å². The molecule has 80 valence electrons. The van der Waals surface area contributed by atoms with Crippen LogP contribution in [0.3, 0.4) is 0 Å². The monoisotopic (exact) mass is 213 g/mol. The molecule has 0 radical (unpaired) electrons. The van der Waals surface area contributed by atoms with Gasteiger partial charge in [0.25, 0.3) is 0 Å². The molecule has 0 aliphatic rings. The molecule has 3 heteroatoms. The maximum absolute atomic E-state index is 12.1. The van der Waals surface area contributed by atoms with Crippen molar-refractivity contribution >= 4 is 5.78 Å². The molecule has 0 aliphatic heterocycles. The molecule has 0 spiro atoms. The average Bonchev–Trinajstić information content (AvgIpc) is 2.39. The maximum atomic E-state index is 12.1. The Morgan fingerprint density at radius 1 is 0.938 bits per heavy atom. The van der Waals surface area contributed by atoms with Crippen molar-refractivity contribution in [3.63, 3.8) is 0 Å². The lowest BCUT2D eigenvalue weighted by atomic mass is 10.0. The first-order valence-electron chi connectivity index (χ1n) is 4.88. The fourth-order valence-electron chi connectivity index (χ4n) is 1.50. The van der Waals surface area contributed by atoms with Crippen LogP contribution in [0.25, 0.3) is 0 Å². The lowest BCUT2D eigenvalue weighted by Crippen LogP contribution is -2.09. The summed E-state index contributed by atoms with van der Waals surface area (Å²) in [7, 11) is 0. The van der Waals surface area contributed by atoms with Gasteiger partial charge in [0.05, 0.1) is 5.56 Å². The molecule has 0 saturated heterocycles. The van der Waals surface area contributed by atoms with Gasteiger partial charge in [0.15, 0.2) is 11.5 Å². The number of nitrogens with two attached hydrogens (primary N) is 1. The highest BCUT2D eigenvalue weighted by molar-refractivity contribution is 6.10. The minimum absolute atomic E-state index is 0.0957. The Bertz CT molecular complexity index is 494. The molecule has 0 saturated carbocycles. The zero-order valence-electron chi connectivity index (χ0n) is 8.59. The van der Waals surface area contributed by atoms with Crippen LogP contribution in [0.1, 0.15) is 15.9 Å². The predicted octanol–water partition coefficient (Wildman–Crippen LogP) is 2.17. The summed E-state index contributed by atoms with van der Waals surface area (Å²) in [5, 5.41) is 0. The number of carbonyl (C=O) groups excluding carboxylic acids is 1.